The van der Waals surface area contributed by atoms with E-state index in [-0.39, 0.29) is 5.88 Å². The van der Waals surface area contributed by atoms with Gasteiger partial charge in [0, 0.05) is 16.5 Å². The van der Waals surface area contributed by atoms with Gasteiger partial charge < -0.3 is 19.6 Å². The number of aromatic hydroxyl groups is 1. The lowest BCUT2D eigenvalue weighted by molar-refractivity contribution is 0.356. The molecule has 0 radical (unpaired) electrons. The Morgan fingerprint density at radius 1 is 1.04 bits per heavy atom. The third-order valence-electron chi connectivity index (χ3n) is 3.33. The van der Waals surface area contributed by atoms with E-state index in [1.54, 1.807) is 50.6 Å². The van der Waals surface area contributed by atoms with Crippen molar-refractivity contribution in [2.75, 3.05) is 14.2 Å². The molecule has 3 aromatic rings. The van der Waals surface area contributed by atoms with E-state index in [1.807, 2.05) is 0 Å². The molecule has 6 nitrogen and oxygen atoms in total. The minimum Gasteiger partial charge on any atom is -0.493 e. The Labute approximate surface area is 137 Å². The molecule has 118 valence electrons. The van der Waals surface area contributed by atoms with Gasteiger partial charge in [0.05, 0.1) is 25.4 Å². The molecule has 0 saturated heterocycles. The zero-order valence-electron chi connectivity index (χ0n) is 12.5. The summed E-state index contributed by atoms with van der Waals surface area (Å²) in [6.07, 6.45) is 0. The lowest BCUT2D eigenvalue weighted by Crippen LogP contribution is -1.89. The van der Waals surface area contributed by atoms with Gasteiger partial charge in [-0.3, -0.25) is 0 Å². The number of hydrogen-bond donors (Lipinski definition) is 2. The number of azo groups is 1. The van der Waals surface area contributed by atoms with Gasteiger partial charge in [0.2, 0.25) is 5.88 Å². The molecule has 0 spiro atoms. The van der Waals surface area contributed by atoms with Gasteiger partial charge in [0.25, 0.3) is 0 Å². The van der Waals surface area contributed by atoms with Gasteiger partial charge in [-0.25, -0.2) is 0 Å². The molecule has 2 N–H and O–H groups in total. The first kappa shape index (κ1) is 15.2. The lowest BCUT2D eigenvalue weighted by Gasteiger charge is -2.06. The molecule has 2 aromatic carbocycles. The van der Waals surface area contributed by atoms with Crippen molar-refractivity contribution in [2.45, 2.75) is 0 Å². The van der Waals surface area contributed by atoms with E-state index in [0.717, 1.165) is 0 Å². The van der Waals surface area contributed by atoms with Crippen molar-refractivity contribution in [1.82, 2.24) is 4.98 Å². The van der Waals surface area contributed by atoms with Crippen LogP contribution in [-0.2, 0) is 0 Å². The van der Waals surface area contributed by atoms with E-state index >= 15 is 0 Å². The van der Waals surface area contributed by atoms with Crippen molar-refractivity contribution in [3.05, 3.63) is 41.4 Å². The summed E-state index contributed by atoms with van der Waals surface area (Å²) in [6, 6.07) is 10.4. The van der Waals surface area contributed by atoms with Crippen LogP contribution in [0.3, 0.4) is 0 Å². The minimum absolute atomic E-state index is 0.0823. The van der Waals surface area contributed by atoms with Crippen molar-refractivity contribution in [3.8, 4) is 17.4 Å². The highest BCUT2D eigenvalue weighted by atomic mass is 35.5. The number of fused-ring (bicyclic) bond motifs is 1. The Balaban J connectivity index is 2.08. The fraction of sp³-hybridized carbons (Fsp3) is 0.125. The third-order valence-corrected chi connectivity index (χ3v) is 3.56. The Morgan fingerprint density at radius 3 is 2.48 bits per heavy atom. The van der Waals surface area contributed by atoms with Crippen molar-refractivity contribution < 1.29 is 14.6 Å². The highest BCUT2D eigenvalue weighted by Crippen LogP contribution is 2.41. The predicted octanol–water partition coefficient (Wildman–Crippen LogP) is 4.96. The lowest BCUT2D eigenvalue weighted by atomic mass is 10.2. The normalized spacial score (nSPS) is 11.3. The largest absolute Gasteiger partial charge is 0.493 e. The van der Waals surface area contributed by atoms with Gasteiger partial charge in [-0.15, -0.1) is 5.11 Å². The molecule has 0 aliphatic heterocycles. The summed E-state index contributed by atoms with van der Waals surface area (Å²) in [5.41, 5.74) is 1.58. The summed E-state index contributed by atoms with van der Waals surface area (Å²) in [5.74, 6) is 1.01. The zero-order valence-corrected chi connectivity index (χ0v) is 13.3. The number of benzene rings is 2. The Morgan fingerprint density at radius 2 is 1.78 bits per heavy atom. The topological polar surface area (TPSA) is 79.2 Å². The molecule has 0 bridgehead atoms. The highest BCUT2D eigenvalue weighted by molar-refractivity contribution is 6.30. The second kappa shape index (κ2) is 6.18. The Hall–Kier alpha value is -2.73. The van der Waals surface area contributed by atoms with E-state index in [4.69, 9.17) is 21.1 Å². The monoisotopic (exact) mass is 331 g/mol. The number of H-pyrrole nitrogens is 1. The standard InChI is InChI=1S/C16H14ClN3O3/c1-22-13-7-11-12(8-14(13)23-2)18-16(21)15(11)20-19-10-5-3-4-9(17)6-10/h3-8,18,21H,1-2H3. The van der Waals surface area contributed by atoms with E-state index < -0.39 is 0 Å². The van der Waals surface area contributed by atoms with Crippen LogP contribution < -0.4 is 9.47 Å². The van der Waals surface area contributed by atoms with Crippen LogP contribution in [-0.4, -0.2) is 24.3 Å². The maximum absolute atomic E-state index is 10.1. The van der Waals surface area contributed by atoms with E-state index in [9.17, 15) is 5.11 Å². The summed E-state index contributed by atoms with van der Waals surface area (Å²) in [5, 5.41) is 19.5. The second-order valence-corrected chi connectivity index (χ2v) is 5.19. The maximum Gasteiger partial charge on any atom is 0.218 e. The molecule has 7 heteroatoms. The predicted molar refractivity (Wildman–Crippen MR) is 88.7 cm³/mol. The number of ether oxygens (including phenoxy) is 2. The smallest absolute Gasteiger partial charge is 0.218 e. The fourth-order valence-electron chi connectivity index (χ4n) is 2.24. The van der Waals surface area contributed by atoms with Crippen LogP contribution in [0.1, 0.15) is 0 Å². The van der Waals surface area contributed by atoms with Crippen LogP contribution in [0.2, 0.25) is 5.02 Å². The third kappa shape index (κ3) is 2.93. The second-order valence-electron chi connectivity index (χ2n) is 4.75. The van der Waals surface area contributed by atoms with Crippen molar-refractivity contribution >= 4 is 33.9 Å². The molecule has 23 heavy (non-hydrogen) atoms. The Bertz CT molecular complexity index is 890. The van der Waals surface area contributed by atoms with E-state index in [1.165, 1.54) is 0 Å². The molecule has 0 unspecified atom stereocenters. The van der Waals surface area contributed by atoms with Crippen molar-refractivity contribution in [3.63, 3.8) is 0 Å². The van der Waals surface area contributed by atoms with Gasteiger partial charge in [0.1, 0.15) is 0 Å². The van der Waals surface area contributed by atoms with Gasteiger partial charge in [-0.1, -0.05) is 17.7 Å². The quantitative estimate of drug-likeness (QED) is 0.663. The fourth-order valence-corrected chi connectivity index (χ4v) is 2.42. The molecular weight excluding hydrogens is 318 g/mol. The average molecular weight is 332 g/mol. The molecule has 0 fully saturated rings. The van der Waals surface area contributed by atoms with Gasteiger partial charge in [0.15, 0.2) is 17.2 Å². The first-order valence-corrected chi connectivity index (χ1v) is 7.14. The van der Waals surface area contributed by atoms with Gasteiger partial charge >= 0.3 is 0 Å². The molecular formula is C16H14ClN3O3. The maximum atomic E-state index is 10.1. The number of nitrogens with zero attached hydrogens (tertiary/aromatic N) is 2. The number of halogens is 1. The number of nitrogens with one attached hydrogen (secondary N) is 1. The number of rotatable bonds is 4. The summed E-state index contributed by atoms with van der Waals surface area (Å²) < 4.78 is 10.5. The number of hydrogen-bond acceptors (Lipinski definition) is 5. The number of aromatic nitrogens is 1. The van der Waals surface area contributed by atoms with Gasteiger partial charge in [-0.2, -0.15) is 5.11 Å². The van der Waals surface area contributed by atoms with Crippen LogP contribution in [0.15, 0.2) is 46.6 Å². The minimum atomic E-state index is -0.0823. The van der Waals surface area contributed by atoms with Crippen molar-refractivity contribution in [1.29, 1.82) is 0 Å². The van der Waals surface area contributed by atoms with Gasteiger partial charge in [-0.05, 0) is 24.3 Å². The SMILES string of the molecule is COc1cc2[nH]c(O)c(N=Nc3cccc(Cl)c3)c2cc1OC. The molecule has 0 saturated carbocycles. The summed E-state index contributed by atoms with van der Waals surface area (Å²) in [6.45, 7) is 0. The summed E-state index contributed by atoms with van der Waals surface area (Å²) in [4.78, 5) is 2.84. The first-order valence-electron chi connectivity index (χ1n) is 6.76. The zero-order chi connectivity index (χ0) is 16.4. The van der Waals surface area contributed by atoms with Crippen molar-refractivity contribution in [2.24, 2.45) is 10.2 Å². The molecule has 1 aromatic heterocycles. The molecule has 0 amide bonds. The summed E-state index contributed by atoms with van der Waals surface area (Å²) in [7, 11) is 3.09. The molecule has 1 heterocycles. The van der Waals surface area contributed by atoms with Crippen LogP contribution in [0, 0.1) is 0 Å². The number of aromatic amines is 1. The van der Waals surface area contributed by atoms with E-state index in [2.05, 4.69) is 15.2 Å². The molecule has 0 aliphatic rings. The van der Waals surface area contributed by atoms with E-state index in [0.29, 0.717) is 38.8 Å². The van der Waals surface area contributed by atoms with Crippen LogP contribution in [0.4, 0.5) is 11.4 Å². The average Bonchev–Trinajstić information content (AvgIpc) is 2.86. The molecule has 3 rings (SSSR count). The molecule has 0 aliphatic carbocycles. The van der Waals surface area contributed by atoms with Crippen LogP contribution >= 0.6 is 11.6 Å². The van der Waals surface area contributed by atoms with Crippen LogP contribution in [0.5, 0.6) is 17.4 Å². The highest BCUT2D eigenvalue weighted by Gasteiger charge is 2.15. The number of methoxy groups -OCH3 is 2. The first-order chi connectivity index (χ1) is 11.1. The molecule has 0 atom stereocenters. The Kier molecular flexibility index (Phi) is 4.08. The van der Waals surface area contributed by atoms with Crippen LogP contribution in [0.25, 0.3) is 10.9 Å². The summed E-state index contributed by atoms with van der Waals surface area (Å²) >= 11 is 5.92.